The van der Waals surface area contributed by atoms with Crippen molar-refractivity contribution in [2.24, 2.45) is 0 Å². The summed E-state index contributed by atoms with van der Waals surface area (Å²) >= 11 is -2.61. The molecular formula is H5INa2O3S. The second kappa shape index (κ2) is 15.9. The van der Waals surface area contributed by atoms with E-state index in [-0.39, 0.29) is 83.1 Å². The van der Waals surface area contributed by atoms with Crippen LogP contribution in [0, 0.1) is 0 Å². The molecule has 7 heteroatoms. The van der Waals surface area contributed by atoms with Crippen molar-refractivity contribution >= 4 is 94.5 Å². The predicted octanol–water partition coefficient (Wildman–Crippen LogP) is -0.998. The van der Waals surface area contributed by atoms with Crippen molar-refractivity contribution in [3.05, 3.63) is 0 Å². The molecule has 0 aromatic carbocycles. The fourth-order valence-corrected chi connectivity index (χ4v) is 0. The number of halogens is 1. The summed E-state index contributed by atoms with van der Waals surface area (Å²) in [6.45, 7) is 0. The summed E-state index contributed by atoms with van der Waals surface area (Å²) in [6.07, 6.45) is 0. The maximum absolute atomic E-state index is 8.67. The molecule has 0 saturated carbocycles. The summed E-state index contributed by atoms with van der Waals surface area (Å²) in [6, 6.07) is 0. The molecule has 3 nitrogen and oxygen atoms in total. The van der Waals surface area contributed by atoms with Gasteiger partial charge in [0.25, 0.3) is 11.4 Å². The third-order valence-electron chi connectivity index (χ3n) is 0. The molecule has 0 aliphatic carbocycles. The van der Waals surface area contributed by atoms with Crippen LogP contribution in [0.2, 0.25) is 0 Å². The first-order valence-corrected chi connectivity index (χ1v) is 1.60. The maximum atomic E-state index is 8.67. The third-order valence-corrected chi connectivity index (χ3v) is 0. The van der Waals surface area contributed by atoms with E-state index in [1.807, 2.05) is 0 Å². The fourth-order valence-electron chi connectivity index (χ4n) is 0. The average Bonchev–Trinajstić information content (AvgIpc) is 0.811. The Morgan fingerprint density at radius 2 is 1.14 bits per heavy atom. The third kappa shape index (κ3) is 51.9. The van der Waals surface area contributed by atoms with Gasteiger partial charge in [-0.25, -0.2) is 0 Å². The van der Waals surface area contributed by atoms with Gasteiger partial charge in [-0.05, 0) is 0 Å². The molecule has 38 valence electrons. The van der Waals surface area contributed by atoms with Crippen molar-refractivity contribution in [1.29, 1.82) is 0 Å². The van der Waals surface area contributed by atoms with Gasteiger partial charge in [-0.1, -0.05) is 0 Å². The van der Waals surface area contributed by atoms with Gasteiger partial charge in [0.2, 0.25) is 0 Å². The van der Waals surface area contributed by atoms with Crippen LogP contribution in [0.15, 0.2) is 0 Å². The van der Waals surface area contributed by atoms with Crippen molar-refractivity contribution in [1.82, 2.24) is 0 Å². The number of hydrogen-bond acceptors (Lipinski definition) is 1. The first-order chi connectivity index (χ1) is 1.73. The van der Waals surface area contributed by atoms with E-state index in [1.54, 1.807) is 0 Å². The molecule has 0 aromatic rings. The molecule has 0 saturated heterocycles. The second-order valence-electron chi connectivity index (χ2n) is 0.231. The fraction of sp³-hybridized carbons (Fsp3) is 0. The molecule has 0 fully saturated rings. The van der Waals surface area contributed by atoms with Crippen LogP contribution in [0.3, 0.4) is 0 Å². The van der Waals surface area contributed by atoms with E-state index in [2.05, 4.69) is 0 Å². The standard InChI is InChI=1S/HI.2Na.H2O3S.2H/c;;;1-4(2)3;;/h1H;;;(H2,1,2,3);;. The Bertz CT molecular complexity index is 35.9. The summed E-state index contributed by atoms with van der Waals surface area (Å²) < 4.78 is 22.8. The molecule has 0 radical (unpaired) electrons. The molecule has 0 unspecified atom stereocenters. The molecule has 0 aromatic heterocycles. The van der Waals surface area contributed by atoms with E-state index < -0.39 is 11.4 Å². The Hall–Kier alpha value is 2.80. The Balaban J connectivity index is -0.0000000150. The van der Waals surface area contributed by atoms with Gasteiger partial charge in [-0.3, -0.25) is 9.11 Å². The molecule has 7 heavy (non-hydrogen) atoms. The van der Waals surface area contributed by atoms with Gasteiger partial charge in [-0.15, -0.1) is 24.0 Å². The Morgan fingerprint density at radius 1 is 1.14 bits per heavy atom. The van der Waals surface area contributed by atoms with E-state index >= 15 is 0 Å². The Morgan fingerprint density at radius 3 is 1.14 bits per heavy atom. The van der Waals surface area contributed by atoms with E-state index in [0.717, 1.165) is 0 Å². The van der Waals surface area contributed by atoms with Crippen molar-refractivity contribution in [2.45, 2.75) is 0 Å². The second-order valence-corrected chi connectivity index (χ2v) is 0.692. The SMILES string of the molecule is I.O=S(O)O.[NaH].[NaH]. The molecule has 0 aliphatic rings. The number of rotatable bonds is 0. The van der Waals surface area contributed by atoms with Gasteiger partial charge < -0.3 is 0 Å². The van der Waals surface area contributed by atoms with Crippen molar-refractivity contribution in [3.8, 4) is 0 Å². The molecule has 0 aliphatic heterocycles. The van der Waals surface area contributed by atoms with E-state index in [0.29, 0.717) is 0 Å². The van der Waals surface area contributed by atoms with Crippen LogP contribution in [0.1, 0.15) is 0 Å². The summed E-state index contributed by atoms with van der Waals surface area (Å²) in [7, 11) is 0. The zero-order chi connectivity index (χ0) is 3.58. The molecule has 0 heterocycles. The van der Waals surface area contributed by atoms with Crippen molar-refractivity contribution in [3.63, 3.8) is 0 Å². The predicted molar refractivity (Wildman–Crippen MR) is 43.1 cm³/mol. The summed E-state index contributed by atoms with van der Waals surface area (Å²) in [5.74, 6) is 0. The zero-order valence-corrected chi connectivity index (χ0v) is 5.27. The summed E-state index contributed by atoms with van der Waals surface area (Å²) in [5, 5.41) is 0. The normalized spacial score (nSPS) is 5.00. The van der Waals surface area contributed by atoms with Crippen LogP contribution in [-0.2, 0) is 11.4 Å². The van der Waals surface area contributed by atoms with Crippen LogP contribution in [-0.4, -0.2) is 72.4 Å². The quantitative estimate of drug-likeness (QED) is 0.333. The van der Waals surface area contributed by atoms with Gasteiger partial charge in [0.1, 0.15) is 0 Å². The molecule has 0 atom stereocenters. The van der Waals surface area contributed by atoms with Gasteiger partial charge in [-0.2, -0.15) is 4.21 Å². The van der Waals surface area contributed by atoms with E-state index in [4.69, 9.17) is 13.3 Å². The van der Waals surface area contributed by atoms with Crippen molar-refractivity contribution < 1.29 is 13.3 Å². The molecule has 0 bridgehead atoms. The monoisotopic (exact) mass is 258 g/mol. The van der Waals surface area contributed by atoms with Crippen LogP contribution in [0.25, 0.3) is 0 Å². The molecule has 0 rings (SSSR count). The van der Waals surface area contributed by atoms with Gasteiger partial charge in [0.15, 0.2) is 0 Å². The van der Waals surface area contributed by atoms with Gasteiger partial charge >= 0.3 is 59.1 Å². The Labute approximate surface area is 106 Å². The minimum absolute atomic E-state index is 0. The molecule has 0 amide bonds. The van der Waals surface area contributed by atoms with Crippen molar-refractivity contribution in [2.75, 3.05) is 0 Å². The van der Waals surface area contributed by atoms with Crippen LogP contribution < -0.4 is 0 Å². The van der Waals surface area contributed by atoms with Gasteiger partial charge in [0.05, 0.1) is 0 Å². The zero-order valence-electron chi connectivity index (χ0n) is 2.12. The first kappa shape index (κ1) is 22.6. The van der Waals surface area contributed by atoms with Crippen LogP contribution >= 0.6 is 24.0 Å². The minimum atomic E-state index is -2.61. The molecular weight excluding hydrogens is 253 g/mol. The average molecular weight is 258 g/mol. The summed E-state index contributed by atoms with van der Waals surface area (Å²) in [5.41, 5.74) is 0. The molecule has 2 N–H and O–H groups in total. The summed E-state index contributed by atoms with van der Waals surface area (Å²) in [4.78, 5) is 0. The van der Waals surface area contributed by atoms with E-state index in [1.165, 1.54) is 0 Å². The van der Waals surface area contributed by atoms with Crippen LogP contribution in [0.5, 0.6) is 0 Å². The topological polar surface area (TPSA) is 57.5 Å². The Kier molecular flexibility index (Phi) is 51.3. The van der Waals surface area contributed by atoms with Crippen LogP contribution in [0.4, 0.5) is 0 Å². The first-order valence-electron chi connectivity index (χ1n) is 0.532. The molecule has 0 spiro atoms. The van der Waals surface area contributed by atoms with Gasteiger partial charge in [0, 0.05) is 0 Å². The van der Waals surface area contributed by atoms with E-state index in [9.17, 15) is 0 Å². The number of hydrogen-bond donors (Lipinski definition) is 2.